The molecule has 2 heterocycles. The Kier molecular flexibility index (Phi) is 3.71. The van der Waals surface area contributed by atoms with Crippen molar-refractivity contribution < 1.29 is 4.74 Å². The molecule has 0 bridgehead atoms. The summed E-state index contributed by atoms with van der Waals surface area (Å²) < 4.78 is 6.91. The molecule has 3 nitrogen and oxygen atoms in total. The molecule has 0 unspecified atom stereocenters. The molecule has 0 amide bonds. The Morgan fingerprint density at radius 1 is 1.37 bits per heavy atom. The van der Waals surface area contributed by atoms with E-state index in [1.165, 1.54) is 19.4 Å². The largest absolute Gasteiger partial charge is 0.476 e. The summed E-state index contributed by atoms with van der Waals surface area (Å²) in [4.78, 5) is 6.90. The zero-order valence-corrected chi connectivity index (χ0v) is 12.6. The molecular weight excluding hydrogens is 304 g/mol. The molecule has 0 saturated carbocycles. The summed E-state index contributed by atoms with van der Waals surface area (Å²) in [5.74, 6) is 0.718. The smallest absolute Gasteiger partial charge is 0.213 e. The molecule has 1 aliphatic rings. The lowest BCUT2D eigenvalue weighted by Crippen LogP contribution is -2.30. The van der Waals surface area contributed by atoms with Gasteiger partial charge in [-0.25, -0.2) is 4.98 Å². The van der Waals surface area contributed by atoms with Crippen LogP contribution in [-0.2, 0) is 0 Å². The number of aromatic nitrogens is 1. The van der Waals surface area contributed by atoms with E-state index < -0.39 is 0 Å². The van der Waals surface area contributed by atoms with Crippen molar-refractivity contribution in [2.45, 2.75) is 18.9 Å². The standard InChI is InChI=1S/C15H17BrN2O/c1-18-8-2-3-13(18)10-19-15-7-4-11-9-12(16)5-6-14(11)17-15/h4-7,9,13H,2-3,8,10H2,1H3/t13-/m0/s1. The lowest BCUT2D eigenvalue weighted by Gasteiger charge is -2.19. The molecule has 19 heavy (non-hydrogen) atoms. The van der Waals surface area contributed by atoms with Gasteiger partial charge in [-0.05, 0) is 50.7 Å². The maximum atomic E-state index is 5.83. The van der Waals surface area contributed by atoms with Crippen LogP contribution in [0.25, 0.3) is 10.9 Å². The average molecular weight is 321 g/mol. The number of rotatable bonds is 3. The highest BCUT2D eigenvalue weighted by molar-refractivity contribution is 9.10. The van der Waals surface area contributed by atoms with Gasteiger partial charge in [-0.1, -0.05) is 15.9 Å². The van der Waals surface area contributed by atoms with Gasteiger partial charge >= 0.3 is 0 Å². The number of ether oxygens (including phenoxy) is 1. The molecule has 100 valence electrons. The van der Waals surface area contributed by atoms with Crippen molar-refractivity contribution in [1.29, 1.82) is 0 Å². The first kappa shape index (κ1) is 12.9. The number of pyridine rings is 1. The van der Waals surface area contributed by atoms with Crippen molar-refractivity contribution >= 4 is 26.8 Å². The molecule has 0 radical (unpaired) electrons. The van der Waals surface area contributed by atoms with E-state index in [9.17, 15) is 0 Å². The molecule has 1 aromatic heterocycles. The Bertz CT molecular complexity index is 587. The summed E-state index contributed by atoms with van der Waals surface area (Å²) in [7, 11) is 2.16. The number of likely N-dealkylation sites (N-methyl/N-ethyl adjacent to an activating group) is 1. The van der Waals surface area contributed by atoms with Crippen LogP contribution in [0.4, 0.5) is 0 Å². The van der Waals surface area contributed by atoms with E-state index in [1.54, 1.807) is 0 Å². The minimum Gasteiger partial charge on any atom is -0.476 e. The van der Waals surface area contributed by atoms with Crippen molar-refractivity contribution in [2.75, 3.05) is 20.2 Å². The van der Waals surface area contributed by atoms with Gasteiger partial charge in [0.2, 0.25) is 5.88 Å². The van der Waals surface area contributed by atoms with Gasteiger partial charge in [0.25, 0.3) is 0 Å². The monoisotopic (exact) mass is 320 g/mol. The molecule has 4 heteroatoms. The molecular formula is C15H17BrN2O. The van der Waals surface area contributed by atoms with Gasteiger partial charge in [0.05, 0.1) is 5.52 Å². The summed E-state index contributed by atoms with van der Waals surface area (Å²) in [6.07, 6.45) is 2.49. The Morgan fingerprint density at radius 3 is 3.05 bits per heavy atom. The molecule has 2 aromatic rings. The predicted octanol–water partition coefficient (Wildman–Crippen LogP) is 3.47. The maximum Gasteiger partial charge on any atom is 0.213 e. The van der Waals surface area contributed by atoms with Crippen molar-refractivity contribution in [2.24, 2.45) is 0 Å². The summed E-state index contributed by atoms with van der Waals surface area (Å²) >= 11 is 3.47. The fourth-order valence-corrected chi connectivity index (χ4v) is 2.91. The van der Waals surface area contributed by atoms with Crippen molar-refractivity contribution in [3.05, 3.63) is 34.8 Å². The van der Waals surface area contributed by atoms with E-state index in [4.69, 9.17) is 4.74 Å². The first-order chi connectivity index (χ1) is 9.22. The van der Waals surface area contributed by atoms with Crippen LogP contribution in [-0.4, -0.2) is 36.1 Å². The molecule has 0 spiro atoms. The van der Waals surface area contributed by atoms with Gasteiger partial charge in [0.1, 0.15) is 6.61 Å². The second-order valence-electron chi connectivity index (χ2n) is 5.07. The highest BCUT2D eigenvalue weighted by atomic mass is 79.9. The van der Waals surface area contributed by atoms with Gasteiger partial charge in [-0.2, -0.15) is 0 Å². The van der Waals surface area contributed by atoms with Crippen molar-refractivity contribution in [3.8, 4) is 5.88 Å². The van der Waals surface area contributed by atoms with E-state index in [0.717, 1.165) is 27.9 Å². The zero-order chi connectivity index (χ0) is 13.2. The first-order valence-electron chi connectivity index (χ1n) is 6.62. The van der Waals surface area contributed by atoms with Crippen LogP contribution in [0.15, 0.2) is 34.8 Å². The number of fused-ring (bicyclic) bond motifs is 1. The van der Waals surface area contributed by atoms with Gasteiger partial charge in [0, 0.05) is 22.0 Å². The third-order valence-corrected chi connectivity index (χ3v) is 4.21. The highest BCUT2D eigenvalue weighted by Gasteiger charge is 2.21. The minimum atomic E-state index is 0.530. The van der Waals surface area contributed by atoms with Crippen LogP contribution in [0, 0.1) is 0 Å². The number of likely N-dealkylation sites (tertiary alicyclic amines) is 1. The van der Waals surface area contributed by atoms with Crippen LogP contribution in [0.3, 0.4) is 0 Å². The Hall–Kier alpha value is -1.13. The van der Waals surface area contributed by atoms with Gasteiger partial charge < -0.3 is 9.64 Å². The number of halogens is 1. The number of hydrogen-bond acceptors (Lipinski definition) is 3. The molecule has 0 N–H and O–H groups in total. The molecule has 1 fully saturated rings. The van der Waals surface area contributed by atoms with Crippen molar-refractivity contribution in [3.63, 3.8) is 0 Å². The third-order valence-electron chi connectivity index (χ3n) is 3.72. The second kappa shape index (κ2) is 5.47. The molecule has 3 rings (SSSR count). The zero-order valence-electron chi connectivity index (χ0n) is 11.0. The molecule has 0 aliphatic carbocycles. The van der Waals surface area contributed by atoms with Crippen LogP contribution in [0.1, 0.15) is 12.8 Å². The van der Waals surface area contributed by atoms with E-state index in [2.05, 4.69) is 45.0 Å². The van der Waals surface area contributed by atoms with Crippen LogP contribution >= 0.6 is 15.9 Å². The van der Waals surface area contributed by atoms with E-state index in [-0.39, 0.29) is 0 Å². The third kappa shape index (κ3) is 2.90. The molecule has 1 aliphatic heterocycles. The van der Waals surface area contributed by atoms with Crippen molar-refractivity contribution in [1.82, 2.24) is 9.88 Å². The van der Waals surface area contributed by atoms with Crippen LogP contribution in [0.2, 0.25) is 0 Å². The van der Waals surface area contributed by atoms with Gasteiger partial charge in [0.15, 0.2) is 0 Å². The van der Waals surface area contributed by atoms with E-state index >= 15 is 0 Å². The molecule has 1 atom stereocenters. The van der Waals surface area contributed by atoms with Gasteiger partial charge in [-0.15, -0.1) is 0 Å². The minimum absolute atomic E-state index is 0.530. The second-order valence-corrected chi connectivity index (χ2v) is 5.99. The Morgan fingerprint density at radius 2 is 2.26 bits per heavy atom. The summed E-state index contributed by atoms with van der Waals surface area (Å²) in [6, 6.07) is 10.6. The van der Waals surface area contributed by atoms with E-state index in [0.29, 0.717) is 6.04 Å². The summed E-state index contributed by atoms with van der Waals surface area (Å²) in [5, 5.41) is 1.12. The number of hydrogen-bond donors (Lipinski definition) is 0. The Balaban J connectivity index is 1.72. The fourth-order valence-electron chi connectivity index (χ4n) is 2.53. The maximum absolute atomic E-state index is 5.83. The lowest BCUT2D eigenvalue weighted by molar-refractivity contribution is 0.193. The number of benzene rings is 1. The quantitative estimate of drug-likeness (QED) is 0.865. The normalized spacial score (nSPS) is 20.0. The van der Waals surface area contributed by atoms with Gasteiger partial charge in [-0.3, -0.25) is 0 Å². The summed E-state index contributed by atoms with van der Waals surface area (Å²) in [5.41, 5.74) is 0.973. The van der Waals surface area contributed by atoms with Crippen LogP contribution in [0.5, 0.6) is 5.88 Å². The van der Waals surface area contributed by atoms with Crippen LogP contribution < -0.4 is 4.74 Å². The average Bonchev–Trinajstić information content (AvgIpc) is 2.82. The topological polar surface area (TPSA) is 25.4 Å². The number of nitrogens with zero attached hydrogens (tertiary/aromatic N) is 2. The predicted molar refractivity (Wildman–Crippen MR) is 80.6 cm³/mol. The summed E-state index contributed by atoms with van der Waals surface area (Å²) in [6.45, 7) is 1.90. The van der Waals surface area contributed by atoms with E-state index in [1.807, 2.05) is 18.2 Å². The highest BCUT2D eigenvalue weighted by Crippen LogP contribution is 2.22. The Labute approximate surface area is 121 Å². The first-order valence-corrected chi connectivity index (χ1v) is 7.41. The molecule has 1 saturated heterocycles. The lowest BCUT2D eigenvalue weighted by atomic mass is 10.2. The SMILES string of the molecule is CN1CCC[C@H]1COc1ccc2cc(Br)ccc2n1. The molecule has 1 aromatic carbocycles. The fraction of sp³-hybridized carbons (Fsp3) is 0.400.